The van der Waals surface area contributed by atoms with Gasteiger partial charge in [-0.2, -0.15) is 0 Å². The van der Waals surface area contributed by atoms with E-state index in [1.807, 2.05) is 20.8 Å². The standard InChI is InChI=1S/C18H23NO4S/c1-17(2)14-9-10-18(17,3)16(21)19(15(14)20)11-12-24(22,23)13-7-5-4-6-8-13/h4-8,14H,9-12H2,1-3H3/t14-,18+/m0/s1. The highest BCUT2D eigenvalue weighted by atomic mass is 32.2. The molecule has 1 aromatic rings. The zero-order valence-corrected chi connectivity index (χ0v) is 15.1. The summed E-state index contributed by atoms with van der Waals surface area (Å²) in [5, 5.41) is 0. The summed E-state index contributed by atoms with van der Waals surface area (Å²) in [6.07, 6.45) is 1.37. The van der Waals surface area contributed by atoms with Crippen LogP contribution in [-0.4, -0.2) is 37.4 Å². The van der Waals surface area contributed by atoms with E-state index >= 15 is 0 Å². The lowest BCUT2D eigenvalue weighted by Gasteiger charge is -2.47. The van der Waals surface area contributed by atoms with Crippen LogP contribution in [0.25, 0.3) is 0 Å². The summed E-state index contributed by atoms with van der Waals surface area (Å²) in [5.74, 6) is -0.894. The van der Waals surface area contributed by atoms with Gasteiger partial charge in [-0.1, -0.05) is 39.0 Å². The SMILES string of the molecule is CC1(C)[C@H]2CC[C@]1(C)C(=O)N(CCS(=O)(=O)c1ccccc1)C2=O. The molecule has 1 heterocycles. The number of imide groups is 1. The van der Waals surface area contributed by atoms with Gasteiger partial charge in [0.25, 0.3) is 0 Å². The van der Waals surface area contributed by atoms with Crippen LogP contribution in [0.3, 0.4) is 0 Å². The number of carbonyl (C=O) groups is 2. The number of piperidine rings is 1. The number of likely N-dealkylation sites (tertiary alicyclic amines) is 1. The monoisotopic (exact) mass is 349 g/mol. The fraction of sp³-hybridized carbons (Fsp3) is 0.556. The van der Waals surface area contributed by atoms with Crippen molar-refractivity contribution in [2.75, 3.05) is 12.3 Å². The molecule has 2 fully saturated rings. The number of fused-ring (bicyclic) bond motifs is 2. The van der Waals surface area contributed by atoms with Crippen LogP contribution in [0.5, 0.6) is 0 Å². The van der Waals surface area contributed by atoms with Gasteiger partial charge >= 0.3 is 0 Å². The number of hydrogen-bond acceptors (Lipinski definition) is 4. The van der Waals surface area contributed by atoms with Crippen LogP contribution in [0.4, 0.5) is 0 Å². The molecule has 1 saturated carbocycles. The van der Waals surface area contributed by atoms with Crippen molar-refractivity contribution in [3.05, 3.63) is 30.3 Å². The van der Waals surface area contributed by atoms with Gasteiger partial charge in [0.2, 0.25) is 11.8 Å². The Bertz CT molecular complexity index is 784. The molecule has 0 unspecified atom stereocenters. The zero-order chi connectivity index (χ0) is 17.8. The number of benzene rings is 1. The fourth-order valence-electron chi connectivity index (χ4n) is 4.07. The minimum absolute atomic E-state index is 0.0724. The van der Waals surface area contributed by atoms with E-state index in [0.29, 0.717) is 12.8 Å². The molecule has 5 nitrogen and oxygen atoms in total. The minimum Gasteiger partial charge on any atom is -0.281 e. The topological polar surface area (TPSA) is 71.5 Å². The van der Waals surface area contributed by atoms with Gasteiger partial charge in [0, 0.05) is 12.5 Å². The fourth-order valence-corrected chi connectivity index (χ4v) is 5.30. The maximum Gasteiger partial charge on any atom is 0.235 e. The van der Waals surface area contributed by atoms with Gasteiger partial charge in [0.1, 0.15) is 0 Å². The highest BCUT2D eigenvalue weighted by Crippen LogP contribution is 2.59. The first-order chi connectivity index (χ1) is 11.1. The van der Waals surface area contributed by atoms with E-state index in [2.05, 4.69) is 0 Å². The van der Waals surface area contributed by atoms with Crippen molar-refractivity contribution >= 4 is 21.7 Å². The summed E-state index contributed by atoms with van der Waals surface area (Å²) in [5.41, 5.74) is -0.974. The molecule has 1 saturated heterocycles. The molecular weight excluding hydrogens is 326 g/mol. The van der Waals surface area contributed by atoms with Crippen LogP contribution in [0.1, 0.15) is 33.6 Å². The number of rotatable bonds is 4. The largest absolute Gasteiger partial charge is 0.281 e. The van der Waals surface area contributed by atoms with Gasteiger partial charge in [-0.15, -0.1) is 0 Å². The summed E-state index contributed by atoms with van der Waals surface area (Å²) < 4.78 is 24.8. The third kappa shape index (κ3) is 2.31. The number of nitrogens with zero attached hydrogens (tertiary/aromatic N) is 1. The van der Waals surface area contributed by atoms with Gasteiger partial charge in [0.05, 0.1) is 16.1 Å². The Morgan fingerprint density at radius 1 is 1.12 bits per heavy atom. The van der Waals surface area contributed by atoms with E-state index in [1.54, 1.807) is 18.2 Å². The van der Waals surface area contributed by atoms with Crippen molar-refractivity contribution in [2.45, 2.75) is 38.5 Å². The van der Waals surface area contributed by atoms with Crippen molar-refractivity contribution in [2.24, 2.45) is 16.7 Å². The Morgan fingerprint density at radius 2 is 1.75 bits per heavy atom. The number of sulfone groups is 1. The number of hydrogen-bond donors (Lipinski definition) is 0. The molecule has 2 amide bonds. The molecule has 1 aliphatic heterocycles. The van der Waals surface area contributed by atoms with E-state index in [9.17, 15) is 18.0 Å². The number of amides is 2. The van der Waals surface area contributed by atoms with Gasteiger partial charge in [0.15, 0.2) is 9.84 Å². The van der Waals surface area contributed by atoms with Crippen molar-refractivity contribution in [3.63, 3.8) is 0 Å². The molecule has 2 aliphatic rings. The smallest absolute Gasteiger partial charge is 0.235 e. The van der Waals surface area contributed by atoms with E-state index < -0.39 is 15.3 Å². The first kappa shape index (κ1) is 17.1. The Labute approximate surface area is 143 Å². The summed E-state index contributed by atoms with van der Waals surface area (Å²) >= 11 is 0. The quantitative estimate of drug-likeness (QED) is 0.782. The summed E-state index contributed by atoms with van der Waals surface area (Å²) in [4.78, 5) is 27.0. The van der Waals surface area contributed by atoms with Crippen LogP contribution in [0.2, 0.25) is 0 Å². The highest BCUT2D eigenvalue weighted by Gasteiger charge is 2.64. The Hall–Kier alpha value is -1.69. The lowest BCUT2D eigenvalue weighted by Crippen LogP contribution is -2.59. The highest BCUT2D eigenvalue weighted by molar-refractivity contribution is 7.91. The van der Waals surface area contributed by atoms with Crippen LogP contribution < -0.4 is 0 Å². The zero-order valence-electron chi connectivity index (χ0n) is 14.3. The van der Waals surface area contributed by atoms with Gasteiger partial charge in [-0.3, -0.25) is 14.5 Å². The average Bonchev–Trinajstić information content (AvgIpc) is 2.72. The van der Waals surface area contributed by atoms with Crippen LogP contribution in [0.15, 0.2) is 35.2 Å². The minimum atomic E-state index is -3.52. The molecule has 2 atom stereocenters. The molecule has 1 aromatic carbocycles. The summed E-state index contributed by atoms with van der Waals surface area (Å²) in [7, 11) is -3.52. The van der Waals surface area contributed by atoms with Gasteiger partial charge in [-0.25, -0.2) is 8.42 Å². The molecule has 0 aromatic heterocycles. The van der Waals surface area contributed by atoms with E-state index in [0.717, 1.165) is 0 Å². The molecule has 3 rings (SSSR count). The lowest BCUT2D eigenvalue weighted by molar-refractivity contribution is -0.167. The second kappa shape index (κ2) is 5.41. The Balaban J connectivity index is 1.82. The Kier molecular flexibility index (Phi) is 3.86. The summed E-state index contributed by atoms with van der Waals surface area (Å²) in [6.45, 7) is 5.77. The maximum absolute atomic E-state index is 12.9. The van der Waals surface area contributed by atoms with E-state index in [1.165, 1.54) is 17.0 Å². The summed E-state index contributed by atoms with van der Waals surface area (Å²) in [6, 6.07) is 8.13. The normalized spacial score (nSPS) is 29.1. The lowest BCUT2D eigenvalue weighted by atomic mass is 9.62. The molecule has 0 radical (unpaired) electrons. The van der Waals surface area contributed by atoms with Crippen LogP contribution in [0, 0.1) is 16.7 Å². The predicted molar refractivity (Wildman–Crippen MR) is 89.8 cm³/mol. The van der Waals surface area contributed by atoms with E-state index in [-0.39, 0.29) is 40.3 Å². The predicted octanol–water partition coefficient (Wildman–Crippen LogP) is 2.27. The first-order valence-corrected chi connectivity index (χ1v) is 9.90. The molecule has 24 heavy (non-hydrogen) atoms. The average molecular weight is 349 g/mol. The number of carbonyl (C=O) groups excluding carboxylic acids is 2. The molecule has 130 valence electrons. The van der Waals surface area contributed by atoms with Crippen molar-refractivity contribution in [3.8, 4) is 0 Å². The third-order valence-electron chi connectivity index (χ3n) is 6.19. The molecular formula is C18H23NO4S. The second-order valence-corrected chi connectivity index (χ2v) is 9.68. The van der Waals surface area contributed by atoms with Gasteiger partial charge < -0.3 is 0 Å². The Morgan fingerprint density at radius 3 is 2.38 bits per heavy atom. The van der Waals surface area contributed by atoms with Crippen molar-refractivity contribution < 1.29 is 18.0 Å². The molecule has 0 N–H and O–H groups in total. The molecule has 6 heteroatoms. The van der Waals surface area contributed by atoms with E-state index in [4.69, 9.17) is 0 Å². The van der Waals surface area contributed by atoms with Crippen molar-refractivity contribution in [1.29, 1.82) is 0 Å². The van der Waals surface area contributed by atoms with Gasteiger partial charge in [-0.05, 0) is 30.4 Å². The van der Waals surface area contributed by atoms with Crippen LogP contribution in [-0.2, 0) is 19.4 Å². The molecule has 1 aliphatic carbocycles. The second-order valence-electron chi connectivity index (χ2n) is 7.57. The molecule has 0 spiro atoms. The first-order valence-electron chi connectivity index (χ1n) is 8.25. The maximum atomic E-state index is 12.9. The van der Waals surface area contributed by atoms with Crippen LogP contribution >= 0.6 is 0 Å². The van der Waals surface area contributed by atoms with Crippen molar-refractivity contribution in [1.82, 2.24) is 4.90 Å². The third-order valence-corrected chi connectivity index (χ3v) is 7.90. The molecule has 2 bridgehead atoms.